The number of nitrogens with one attached hydrogen (secondary N) is 1. The van der Waals surface area contributed by atoms with Crippen LogP contribution >= 0.6 is 11.6 Å². The molecule has 2 aromatic carbocycles. The fourth-order valence-electron chi connectivity index (χ4n) is 1.84. The Bertz CT molecular complexity index is 593. The molecule has 0 radical (unpaired) electrons. The van der Waals surface area contributed by atoms with Crippen LogP contribution in [-0.4, -0.2) is 7.05 Å². The van der Waals surface area contributed by atoms with Gasteiger partial charge in [0.2, 0.25) is 0 Å². The van der Waals surface area contributed by atoms with Gasteiger partial charge in [0, 0.05) is 28.9 Å². The van der Waals surface area contributed by atoms with Gasteiger partial charge in [-0.25, -0.2) is 0 Å². The van der Waals surface area contributed by atoms with Crippen molar-refractivity contribution in [3.8, 4) is 11.1 Å². The van der Waals surface area contributed by atoms with Gasteiger partial charge in [0.25, 0.3) is 0 Å². The molecule has 0 unspecified atom stereocenters. The number of hydrogen-bond donors (Lipinski definition) is 1. The minimum atomic E-state index is -4.37. The molecule has 1 nitrogen and oxygen atoms in total. The van der Waals surface area contributed by atoms with Gasteiger partial charge >= 0.3 is 6.18 Å². The van der Waals surface area contributed by atoms with Gasteiger partial charge in [0.15, 0.2) is 0 Å². The normalized spacial score (nSPS) is 11.4. The summed E-state index contributed by atoms with van der Waals surface area (Å²) < 4.78 is 38.3. The molecular weight excluding hydrogens is 275 g/mol. The van der Waals surface area contributed by atoms with E-state index in [0.717, 1.165) is 12.1 Å². The molecule has 0 atom stereocenters. The standard InChI is InChI=1S/C14H11ClF3N/c1-19-13-7-6-9(14(16,17)18)8-11(13)10-4-2-3-5-12(10)15/h2-8,19H,1H3. The molecule has 5 heteroatoms. The zero-order chi connectivity index (χ0) is 14.0. The SMILES string of the molecule is CNc1ccc(C(F)(F)F)cc1-c1ccccc1Cl. The number of hydrogen-bond acceptors (Lipinski definition) is 1. The van der Waals surface area contributed by atoms with Crippen molar-refractivity contribution in [3.63, 3.8) is 0 Å². The van der Waals surface area contributed by atoms with Crippen LogP contribution in [0.4, 0.5) is 18.9 Å². The van der Waals surface area contributed by atoms with E-state index in [1.54, 1.807) is 31.3 Å². The summed E-state index contributed by atoms with van der Waals surface area (Å²) in [7, 11) is 1.66. The Labute approximate surface area is 114 Å². The maximum absolute atomic E-state index is 12.8. The fourth-order valence-corrected chi connectivity index (χ4v) is 2.08. The first-order valence-electron chi connectivity index (χ1n) is 5.57. The Morgan fingerprint density at radius 2 is 1.68 bits per heavy atom. The zero-order valence-electron chi connectivity index (χ0n) is 10.1. The van der Waals surface area contributed by atoms with Crippen molar-refractivity contribution >= 4 is 17.3 Å². The maximum Gasteiger partial charge on any atom is 0.416 e. The monoisotopic (exact) mass is 285 g/mol. The summed E-state index contributed by atoms with van der Waals surface area (Å²) >= 11 is 6.05. The molecule has 0 heterocycles. The van der Waals surface area contributed by atoms with E-state index in [9.17, 15) is 13.2 Å². The second kappa shape index (κ2) is 5.13. The van der Waals surface area contributed by atoms with Crippen LogP contribution in [0.25, 0.3) is 11.1 Å². The second-order valence-electron chi connectivity index (χ2n) is 3.99. The maximum atomic E-state index is 12.8. The molecule has 1 N–H and O–H groups in total. The van der Waals surface area contributed by atoms with E-state index in [4.69, 9.17) is 11.6 Å². The summed E-state index contributed by atoms with van der Waals surface area (Å²) in [5.74, 6) is 0. The van der Waals surface area contributed by atoms with E-state index < -0.39 is 11.7 Å². The minimum Gasteiger partial charge on any atom is -0.388 e. The van der Waals surface area contributed by atoms with E-state index in [-0.39, 0.29) is 0 Å². The summed E-state index contributed by atoms with van der Waals surface area (Å²) in [6.45, 7) is 0. The van der Waals surface area contributed by atoms with Gasteiger partial charge in [0.05, 0.1) is 5.56 Å². The molecule has 2 rings (SSSR count). The van der Waals surface area contributed by atoms with E-state index in [1.165, 1.54) is 6.07 Å². The number of rotatable bonds is 2. The van der Waals surface area contributed by atoms with Gasteiger partial charge in [-0.3, -0.25) is 0 Å². The van der Waals surface area contributed by atoms with Crippen molar-refractivity contribution in [2.45, 2.75) is 6.18 Å². The number of anilines is 1. The summed E-state index contributed by atoms with van der Waals surface area (Å²) in [6, 6.07) is 10.4. The van der Waals surface area contributed by atoms with E-state index in [1.807, 2.05) is 0 Å². The molecular formula is C14H11ClF3N. The Morgan fingerprint density at radius 1 is 1.00 bits per heavy atom. The van der Waals surface area contributed by atoms with Crippen molar-refractivity contribution in [1.82, 2.24) is 0 Å². The van der Waals surface area contributed by atoms with Gasteiger partial charge in [-0.05, 0) is 24.3 Å². The lowest BCUT2D eigenvalue weighted by atomic mass is 10.0. The highest BCUT2D eigenvalue weighted by Crippen LogP contribution is 2.38. The van der Waals surface area contributed by atoms with Crippen LogP contribution < -0.4 is 5.32 Å². The highest BCUT2D eigenvalue weighted by Gasteiger charge is 2.31. The molecule has 2 aromatic rings. The summed E-state index contributed by atoms with van der Waals surface area (Å²) in [6.07, 6.45) is -4.37. The van der Waals surface area contributed by atoms with E-state index >= 15 is 0 Å². The predicted octanol–water partition coefficient (Wildman–Crippen LogP) is 5.07. The molecule has 0 amide bonds. The van der Waals surface area contributed by atoms with Gasteiger partial charge in [-0.2, -0.15) is 13.2 Å². The molecule has 19 heavy (non-hydrogen) atoms. The lowest BCUT2D eigenvalue weighted by molar-refractivity contribution is -0.137. The van der Waals surface area contributed by atoms with Crippen LogP contribution in [0.2, 0.25) is 5.02 Å². The van der Waals surface area contributed by atoms with Crippen LogP contribution in [0.3, 0.4) is 0 Å². The van der Waals surface area contributed by atoms with Crippen molar-refractivity contribution in [3.05, 3.63) is 53.1 Å². The molecule has 0 saturated carbocycles. The minimum absolute atomic E-state index is 0.415. The lowest BCUT2D eigenvalue weighted by Crippen LogP contribution is -2.05. The Kier molecular flexibility index (Phi) is 3.71. The Balaban J connectivity index is 2.64. The summed E-state index contributed by atoms with van der Waals surface area (Å²) in [5, 5.41) is 3.29. The molecule has 0 fully saturated rings. The second-order valence-corrected chi connectivity index (χ2v) is 4.40. The summed E-state index contributed by atoms with van der Waals surface area (Å²) in [4.78, 5) is 0. The lowest BCUT2D eigenvalue weighted by Gasteiger charge is -2.14. The smallest absolute Gasteiger partial charge is 0.388 e. The Hall–Kier alpha value is -1.68. The van der Waals surface area contributed by atoms with Crippen LogP contribution in [0, 0.1) is 0 Å². The van der Waals surface area contributed by atoms with Crippen LogP contribution in [0.5, 0.6) is 0 Å². The molecule has 0 aliphatic heterocycles. The van der Waals surface area contributed by atoms with Crippen LogP contribution in [0.1, 0.15) is 5.56 Å². The average Bonchev–Trinajstić information content (AvgIpc) is 2.37. The topological polar surface area (TPSA) is 12.0 Å². The largest absolute Gasteiger partial charge is 0.416 e. The van der Waals surface area contributed by atoms with Crippen molar-refractivity contribution in [2.24, 2.45) is 0 Å². The highest BCUT2D eigenvalue weighted by molar-refractivity contribution is 6.33. The van der Waals surface area contributed by atoms with Crippen molar-refractivity contribution in [2.75, 3.05) is 12.4 Å². The van der Waals surface area contributed by atoms with Gasteiger partial charge in [-0.1, -0.05) is 29.8 Å². The number of benzene rings is 2. The van der Waals surface area contributed by atoms with Gasteiger partial charge in [-0.15, -0.1) is 0 Å². The quantitative estimate of drug-likeness (QED) is 0.812. The van der Waals surface area contributed by atoms with Crippen LogP contribution in [-0.2, 0) is 6.18 Å². The third-order valence-electron chi connectivity index (χ3n) is 2.78. The van der Waals surface area contributed by atoms with E-state index in [0.29, 0.717) is 21.8 Å². The molecule has 0 aliphatic carbocycles. The number of alkyl halides is 3. The zero-order valence-corrected chi connectivity index (χ0v) is 10.8. The average molecular weight is 286 g/mol. The van der Waals surface area contributed by atoms with Crippen molar-refractivity contribution < 1.29 is 13.2 Å². The van der Waals surface area contributed by atoms with Crippen LogP contribution in [0.15, 0.2) is 42.5 Å². The van der Waals surface area contributed by atoms with Gasteiger partial charge in [0.1, 0.15) is 0 Å². The molecule has 0 bridgehead atoms. The first-order chi connectivity index (χ1) is 8.93. The molecule has 0 aliphatic rings. The van der Waals surface area contributed by atoms with Gasteiger partial charge < -0.3 is 5.32 Å². The molecule has 100 valence electrons. The molecule has 0 aromatic heterocycles. The first kappa shape index (κ1) is 13.7. The molecule has 0 spiro atoms. The predicted molar refractivity (Wildman–Crippen MR) is 71.4 cm³/mol. The summed E-state index contributed by atoms with van der Waals surface area (Å²) in [5.41, 5.74) is 0.907. The number of halogens is 4. The first-order valence-corrected chi connectivity index (χ1v) is 5.95. The highest BCUT2D eigenvalue weighted by atomic mass is 35.5. The third-order valence-corrected chi connectivity index (χ3v) is 3.11. The van der Waals surface area contributed by atoms with E-state index in [2.05, 4.69) is 5.32 Å². The third kappa shape index (κ3) is 2.84. The fraction of sp³-hybridized carbons (Fsp3) is 0.143. The molecule has 0 saturated heterocycles. The van der Waals surface area contributed by atoms with Crippen molar-refractivity contribution in [1.29, 1.82) is 0 Å². The Morgan fingerprint density at radius 3 is 2.26 bits per heavy atom.